The summed E-state index contributed by atoms with van der Waals surface area (Å²) in [5.74, 6) is 0.0539. The number of hydrogen-bond donors (Lipinski definition) is 2. The predicted octanol–water partition coefficient (Wildman–Crippen LogP) is 2.55. The molecule has 0 saturated heterocycles. The molecule has 0 heterocycles. The van der Waals surface area contributed by atoms with Crippen molar-refractivity contribution in [1.82, 2.24) is 10.0 Å². The summed E-state index contributed by atoms with van der Waals surface area (Å²) in [4.78, 5) is 0. The minimum atomic E-state index is -3.26. The Bertz CT molecular complexity index is 553. The molecule has 2 N–H and O–H groups in total. The number of sulfonamides is 1. The molecule has 0 bridgehead atoms. The van der Waals surface area contributed by atoms with Crippen molar-refractivity contribution in [2.75, 3.05) is 0 Å². The van der Waals surface area contributed by atoms with E-state index in [4.69, 9.17) is 0 Å². The van der Waals surface area contributed by atoms with E-state index >= 15 is 0 Å². The van der Waals surface area contributed by atoms with E-state index < -0.39 is 10.0 Å². The molecule has 4 nitrogen and oxygen atoms in total. The van der Waals surface area contributed by atoms with Crippen LogP contribution in [0.1, 0.15) is 50.7 Å². The van der Waals surface area contributed by atoms with Gasteiger partial charge in [0.25, 0.3) is 0 Å². The average Bonchev–Trinajstić information content (AvgIpc) is 3.19. The van der Waals surface area contributed by atoms with Crippen molar-refractivity contribution in [2.24, 2.45) is 0 Å². The van der Waals surface area contributed by atoms with Crippen molar-refractivity contribution in [1.29, 1.82) is 0 Å². The summed E-state index contributed by atoms with van der Waals surface area (Å²) >= 11 is 0. The van der Waals surface area contributed by atoms with Crippen molar-refractivity contribution in [3.8, 4) is 0 Å². The topological polar surface area (TPSA) is 58.2 Å². The number of rotatable bonds is 9. The minimum absolute atomic E-state index is 0.000263. The molecular weight excluding hydrogens is 284 g/mol. The first-order chi connectivity index (χ1) is 9.98. The molecule has 0 aromatic heterocycles. The van der Waals surface area contributed by atoms with Gasteiger partial charge in [-0.2, -0.15) is 0 Å². The zero-order chi connectivity index (χ0) is 15.3. The van der Waals surface area contributed by atoms with Crippen LogP contribution < -0.4 is 10.0 Å². The Kier molecular flexibility index (Phi) is 5.79. The largest absolute Gasteiger partial charge is 0.310 e. The lowest BCUT2D eigenvalue weighted by Crippen LogP contribution is -2.33. The quantitative estimate of drug-likeness (QED) is 0.737. The molecule has 1 aliphatic rings. The summed E-state index contributed by atoms with van der Waals surface area (Å²) in [6.45, 7) is 4.79. The molecule has 0 aliphatic heterocycles. The van der Waals surface area contributed by atoms with Gasteiger partial charge in [-0.25, -0.2) is 13.1 Å². The standard InChI is InChI=1S/C16H26N2O2S/c1-3-5-13(2)18-21(19,20)12-15-7-4-6-14(10-15)11-17-16-8-9-16/h4,6-7,10,13,16-18H,3,5,8-9,11-12H2,1-2H3. The maximum absolute atomic E-state index is 12.1. The van der Waals surface area contributed by atoms with Crippen LogP contribution in [0.15, 0.2) is 24.3 Å². The van der Waals surface area contributed by atoms with Crippen LogP contribution in [0.4, 0.5) is 0 Å². The van der Waals surface area contributed by atoms with Crippen LogP contribution in [0.5, 0.6) is 0 Å². The fraction of sp³-hybridized carbons (Fsp3) is 0.625. The Labute approximate surface area is 128 Å². The number of hydrogen-bond acceptors (Lipinski definition) is 3. The molecule has 1 unspecified atom stereocenters. The lowest BCUT2D eigenvalue weighted by atomic mass is 10.1. The highest BCUT2D eigenvalue weighted by atomic mass is 32.2. The van der Waals surface area contributed by atoms with Crippen molar-refractivity contribution in [2.45, 2.75) is 63.9 Å². The van der Waals surface area contributed by atoms with Gasteiger partial charge in [0.1, 0.15) is 0 Å². The summed E-state index contributed by atoms with van der Waals surface area (Å²) in [5, 5.41) is 3.45. The van der Waals surface area contributed by atoms with Gasteiger partial charge in [-0.05, 0) is 37.3 Å². The maximum atomic E-state index is 12.1. The molecule has 1 aromatic rings. The molecular formula is C16H26N2O2S. The van der Waals surface area contributed by atoms with Crippen LogP contribution in [0.25, 0.3) is 0 Å². The highest BCUT2D eigenvalue weighted by molar-refractivity contribution is 7.88. The van der Waals surface area contributed by atoms with E-state index in [9.17, 15) is 8.42 Å². The summed E-state index contributed by atoms with van der Waals surface area (Å²) < 4.78 is 27.0. The van der Waals surface area contributed by atoms with E-state index in [2.05, 4.69) is 17.0 Å². The molecule has 1 atom stereocenters. The fourth-order valence-electron chi connectivity index (χ4n) is 2.44. The van der Waals surface area contributed by atoms with Gasteiger partial charge in [-0.1, -0.05) is 37.6 Å². The van der Waals surface area contributed by atoms with Crippen LogP contribution in [0.3, 0.4) is 0 Å². The van der Waals surface area contributed by atoms with Gasteiger partial charge in [0.2, 0.25) is 10.0 Å². The molecule has 0 spiro atoms. The van der Waals surface area contributed by atoms with Crippen molar-refractivity contribution in [3.63, 3.8) is 0 Å². The predicted molar refractivity (Wildman–Crippen MR) is 86.4 cm³/mol. The molecule has 2 rings (SSSR count). The van der Waals surface area contributed by atoms with E-state index in [0.29, 0.717) is 6.04 Å². The van der Waals surface area contributed by atoms with Crippen LogP contribution in [-0.4, -0.2) is 20.5 Å². The molecule has 5 heteroatoms. The van der Waals surface area contributed by atoms with Crippen LogP contribution in [-0.2, 0) is 22.3 Å². The van der Waals surface area contributed by atoms with E-state index in [0.717, 1.165) is 30.5 Å². The number of nitrogens with one attached hydrogen (secondary N) is 2. The second-order valence-corrected chi connectivity index (χ2v) is 7.80. The van der Waals surface area contributed by atoms with Crippen LogP contribution >= 0.6 is 0 Å². The highest BCUT2D eigenvalue weighted by Crippen LogP contribution is 2.19. The van der Waals surface area contributed by atoms with Gasteiger partial charge >= 0.3 is 0 Å². The first-order valence-corrected chi connectivity index (χ1v) is 9.45. The Morgan fingerprint density at radius 2 is 2.00 bits per heavy atom. The van der Waals surface area contributed by atoms with E-state index in [1.54, 1.807) is 0 Å². The van der Waals surface area contributed by atoms with E-state index in [-0.39, 0.29) is 11.8 Å². The molecule has 0 amide bonds. The van der Waals surface area contributed by atoms with E-state index in [1.807, 2.05) is 31.2 Å². The second-order valence-electron chi connectivity index (χ2n) is 6.04. The third-order valence-electron chi connectivity index (χ3n) is 3.62. The van der Waals surface area contributed by atoms with Crippen molar-refractivity contribution >= 4 is 10.0 Å². The first-order valence-electron chi connectivity index (χ1n) is 7.79. The molecule has 1 aliphatic carbocycles. The van der Waals surface area contributed by atoms with Gasteiger partial charge in [0, 0.05) is 18.6 Å². The van der Waals surface area contributed by atoms with Crippen LogP contribution in [0, 0.1) is 0 Å². The smallest absolute Gasteiger partial charge is 0.216 e. The highest BCUT2D eigenvalue weighted by Gasteiger charge is 2.20. The van der Waals surface area contributed by atoms with Crippen LogP contribution in [0.2, 0.25) is 0 Å². The normalized spacial score (nSPS) is 16.9. The SMILES string of the molecule is CCCC(C)NS(=O)(=O)Cc1cccc(CNC2CC2)c1. The van der Waals surface area contributed by atoms with Gasteiger partial charge in [0.15, 0.2) is 0 Å². The van der Waals surface area contributed by atoms with Gasteiger partial charge in [-0.15, -0.1) is 0 Å². The number of benzene rings is 1. The lowest BCUT2D eigenvalue weighted by Gasteiger charge is -2.13. The Morgan fingerprint density at radius 3 is 2.67 bits per heavy atom. The lowest BCUT2D eigenvalue weighted by molar-refractivity contribution is 0.543. The van der Waals surface area contributed by atoms with Crippen molar-refractivity contribution in [3.05, 3.63) is 35.4 Å². The zero-order valence-corrected chi connectivity index (χ0v) is 13.7. The molecule has 0 radical (unpaired) electrons. The summed E-state index contributed by atoms with van der Waals surface area (Å²) in [6, 6.07) is 8.50. The fourth-order valence-corrected chi connectivity index (χ4v) is 3.87. The van der Waals surface area contributed by atoms with Gasteiger partial charge in [0.05, 0.1) is 5.75 Å². The Balaban J connectivity index is 1.92. The first kappa shape index (κ1) is 16.5. The second kappa shape index (κ2) is 7.38. The third-order valence-corrected chi connectivity index (χ3v) is 5.10. The monoisotopic (exact) mass is 310 g/mol. The van der Waals surface area contributed by atoms with Gasteiger partial charge in [-0.3, -0.25) is 0 Å². The Hall–Kier alpha value is -0.910. The zero-order valence-electron chi connectivity index (χ0n) is 12.9. The molecule has 1 saturated carbocycles. The summed E-state index contributed by atoms with van der Waals surface area (Å²) in [7, 11) is -3.26. The molecule has 21 heavy (non-hydrogen) atoms. The summed E-state index contributed by atoms with van der Waals surface area (Å²) in [6.07, 6.45) is 4.36. The molecule has 1 fully saturated rings. The van der Waals surface area contributed by atoms with Crippen molar-refractivity contribution < 1.29 is 8.42 Å². The maximum Gasteiger partial charge on any atom is 0.216 e. The average molecular weight is 310 g/mol. The van der Waals surface area contributed by atoms with E-state index in [1.165, 1.54) is 12.8 Å². The summed E-state index contributed by atoms with van der Waals surface area (Å²) in [5.41, 5.74) is 2.00. The minimum Gasteiger partial charge on any atom is -0.310 e. The molecule has 118 valence electrons. The molecule has 1 aromatic carbocycles. The Morgan fingerprint density at radius 1 is 1.29 bits per heavy atom. The third kappa shape index (κ3) is 6.16. The van der Waals surface area contributed by atoms with Gasteiger partial charge < -0.3 is 5.32 Å².